The van der Waals surface area contributed by atoms with Crippen molar-refractivity contribution >= 4 is 15.8 Å². The Balaban J connectivity index is 1.90. The first-order chi connectivity index (χ1) is 9.96. The number of halogens is 1. The predicted octanol–water partition coefficient (Wildman–Crippen LogP) is 2.35. The molecule has 0 amide bonds. The molecule has 0 atom stereocenters. The first-order valence-electron chi connectivity index (χ1n) is 6.27. The lowest BCUT2D eigenvalue weighted by atomic mass is 10.3. The number of hydrogen-bond acceptors (Lipinski definition) is 4. The molecule has 2 aromatic rings. The number of aromatic nitrogens is 1. The Labute approximate surface area is 122 Å². The number of benzene rings is 1. The molecular formula is C14H15FN2O3S. The van der Waals surface area contributed by atoms with Gasteiger partial charge in [0.05, 0.1) is 0 Å². The van der Waals surface area contributed by atoms with Crippen molar-refractivity contribution in [2.75, 3.05) is 17.1 Å². The zero-order valence-electron chi connectivity index (χ0n) is 11.4. The number of anilines is 1. The molecule has 21 heavy (non-hydrogen) atoms. The number of rotatable bonds is 6. The summed E-state index contributed by atoms with van der Waals surface area (Å²) in [5.41, 5.74) is 0.737. The van der Waals surface area contributed by atoms with Crippen molar-refractivity contribution in [3.8, 4) is 5.75 Å². The average molecular weight is 310 g/mol. The maximum absolute atomic E-state index is 12.7. The molecule has 2 rings (SSSR count). The van der Waals surface area contributed by atoms with Crippen LogP contribution >= 0.6 is 0 Å². The Morgan fingerprint density at radius 1 is 1.24 bits per heavy atom. The van der Waals surface area contributed by atoms with Gasteiger partial charge < -0.3 is 4.74 Å². The highest BCUT2D eigenvalue weighted by Gasteiger charge is 2.12. The molecule has 0 aliphatic heterocycles. The van der Waals surface area contributed by atoms with Crippen LogP contribution in [-0.4, -0.2) is 25.8 Å². The lowest BCUT2D eigenvalue weighted by molar-refractivity contribution is 0.340. The van der Waals surface area contributed by atoms with E-state index in [4.69, 9.17) is 4.74 Å². The van der Waals surface area contributed by atoms with Gasteiger partial charge in [0, 0.05) is 6.20 Å². The average Bonchev–Trinajstić information content (AvgIpc) is 2.43. The maximum atomic E-state index is 12.7. The third kappa shape index (κ3) is 4.71. The van der Waals surface area contributed by atoms with Gasteiger partial charge in [0.25, 0.3) is 0 Å². The van der Waals surface area contributed by atoms with E-state index in [1.165, 1.54) is 30.5 Å². The van der Waals surface area contributed by atoms with Crippen molar-refractivity contribution in [2.24, 2.45) is 0 Å². The fourth-order valence-electron chi connectivity index (χ4n) is 1.59. The van der Waals surface area contributed by atoms with Crippen LogP contribution in [0.1, 0.15) is 5.56 Å². The van der Waals surface area contributed by atoms with Crippen LogP contribution in [0.15, 0.2) is 42.6 Å². The number of pyridine rings is 1. The van der Waals surface area contributed by atoms with Gasteiger partial charge in [-0.05, 0) is 42.8 Å². The molecule has 1 aromatic heterocycles. The molecule has 1 heterocycles. The fraction of sp³-hybridized carbons (Fsp3) is 0.214. The predicted molar refractivity (Wildman–Crippen MR) is 78.3 cm³/mol. The van der Waals surface area contributed by atoms with E-state index in [2.05, 4.69) is 9.71 Å². The van der Waals surface area contributed by atoms with Gasteiger partial charge in [0.2, 0.25) is 10.0 Å². The summed E-state index contributed by atoms with van der Waals surface area (Å²) in [4.78, 5) is 3.97. The zero-order valence-corrected chi connectivity index (χ0v) is 12.2. The molecule has 5 nitrogen and oxygen atoms in total. The number of aryl methyl sites for hydroxylation is 1. The minimum Gasteiger partial charge on any atom is -0.492 e. The summed E-state index contributed by atoms with van der Waals surface area (Å²) in [6, 6.07) is 8.87. The highest BCUT2D eigenvalue weighted by atomic mass is 32.2. The number of nitrogens with one attached hydrogen (secondary N) is 1. The molecule has 0 unspecified atom stereocenters. The standard InChI is InChI=1S/C14H15FN2O3S/c1-11-3-2-8-16-14(11)17-21(18,19)10-9-20-13-6-4-12(15)5-7-13/h2-8H,9-10H2,1H3,(H,16,17). The van der Waals surface area contributed by atoms with E-state index in [1.54, 1.807) is 19.1 Å². The fourth-order valence-corrected chi connectivity index (χ4v) is 2.50. The highest BCUT2D eigenvalue weighted by molar-refractivity contribution is 7.92. The van der Waals surface area contributed by atoms with Crippen molar-refractivity contribution in [1.82, 2.24) is 4.98 Å². The topological polar surface area (TPSA) is 68.3 Å². The molecule has 0 spiro atoms. The smallest absolute Gasteiger partial charge is 0.237 e. The van der Waals surface area contributed by atoms with Crippen LogP contribution in [0, 0.1) is 12.7 Å². The number of nitrogens with zero attached hydrogens (tertiary/aromatic N) is 1. The Bertz CT molecular complexity index is 702. The van der Waals surface area contributed by atoms with Crippen LogP contribution in [0.3, 0.4) is 0 Å². The van der Waals surface area contributed by atoms with Gasteiger partial charge in [-0.1, -0.05) is 6.07 Å². The molecule has 1 N–H and O–H groups in total. The van der Waals surface area contributed by atoms with Crippen LogP contribution in [-0.2, 0) is 10.0 Å². The normalized spacial score (nSPS) is 11.1. The molecule has 112 valence electrons. The van der Waals surface area contributed by atoms with E-state index in [-0.39, 0.29) is 18.2 Å². The van der Waals surface area contributed by atoms with Crippen molar-refractivity contribution in [3.63, 3.8) is 0 Å². The summed E-state index contributed by atoms with van der Waals surface area (Å²) in [7, 11) is -3.55. The van der Waals surface area contributed by atoms with E-state index in [1.807, 2.05) is 0 Å². The molecule has 7 heteroatoms. The first-order valence-corrected chi connectivity index (χ1v) is 7.92. The second-order valence-corrected chi connectivity index (χ2v) is 6.23. The molecule has 0 radical (unpaired) electrons. The van der Waals surface area contributed by atoms with Crippen LogP contribution in [0.5, 0.6) is 5.75 Å². The van der Waals surface area contributed by atoms with E-state index >= 15 is 0 Å². The molecular weight excluding hydrogens is 295 g/mol. The summed E-state index contributed by atoms with van der Waals surface area (Å²) in [5, 5.41) is 0. The molecule has 0 aliphatic carbocycles. The van der Waals surface area contributed by atoms with Gasteiger partial charge in [-0.2, -0.15) is 0 Å². The molecule has 0 saturated carbocycles. The maximum Gasteiger partial charge on any atom is 0.237 e. The summed E-state index contributed by atoms with van der Waals surface area (Å²) in [6.45, 7) is 1.73. The Hall–Kier alpha value is -2.15. The number of ether oxygens (including phenoxy) is 1. The van der Waals surface area contributed by atoms with Crippen molar-refractivity contribution in [3.05, 3.63) is 54.0 Å². The van der Waals surface area contributed by atoms with Gasteiger partial charge in [-0.15, -0.1) is 0 Å². The first kappa shape index (κ1) is 15.2. The van der Waals surface area contributed by atoms with Crippen molar-refractivity contribution in [2.45, 2.75) is 6.92 Å². The van der Waals surface area contributed by atoms with E-state index in [0.29, 0.717) is 11.6 Å². The Morgan fingerprint density at radius 2 is 1.95 bits per heavy atom. The van der Waals surface area contributed by atoms with Crippen LogP contribution in [0.25, 0.3) is 0 Å². The van der Waals surface area contributed by atoms with E-state index in [0.717, 1.165) is 5.56 Å². The second-order valence-electron chi connectivity index (χ2n) is 4.39. The summed E-state index contributed by atoms with van der Waals surface area (Å²) in [6.07, 6.45) is 1.51. The van der Waals surface area contributed by atoms with E-state index < -0.39 is 10.0 Å². The molecule has 0 saturated heterocycles. The monoisotopic (exact) mass is 310 g/mol. The largest absolute Gasteiger partial charge is 0.492 e. The van der Waals surface area contributed by atoms with Crippen LogP contribution < -0.4 is 9.46 Å². The molecule has 0 bridgehead atoms. The van der Waals surface area contributed by atoms with Gasteiger partial charge in [-0.25, -0.2) is 17.8 Å². The number of sulfonamides is 1. The lowest BCUT2D eigenvalue weighted by Gasteiger charge is -2.10. The third-order valence-corrected chi connectivity index (χ3v) is 3.90. The quantitative estimate of drug-likeness (QED) is 0.889. The Morgan fingerprint density at radius 3 is 2.62 bits per heavy atom. The summed E-state index contributed by atoms with van der Waals surface area (Å²) >= 11 is 0. The molecule has 0 fully saturated rings. The number of hydrogen-bond donors (Lipinski definition) is 1. The van der Waals surface area contributed by atoms with Gasteiger partial charge in [0.15, 0.2) is 0 Å². The van der Waals surface area contributed by atoms with Gasteiger partial charge in [-0.3, -0.25) is 4.72 Å². The van der Waals surface area contributed by atoms with Crippen molar-refractivity contribution < 1.29 is 17.5 Å². The minimum atomic E-state index is -3.55. The van der Waals surface area contributed by atoms with Crippen molar-refractivity contribution in [1.29, 1.82) is 0 Å². The second kappa shape index (κ2) is 6.53. The third-order valence-electron chi connectivity index (χ3n) is 2.70. The van der Waals surface area contributed by atoms with Gasteiger partial charge in [0.1, 0.15) is 29.7 Å². The lowest BCUT2D eigenvalue weighted by Crippen LogP contribution is -2.22. The minimum absolute atomic E-state index is 0.0349. The van der Waals surface area contributed by atoms with Crippen LogP contribution in [0.2, 0.25) is 0 Å². The summed E-state index contributed by atoms with van der Waals surface area (Å²) < 4.78 is 44.2. The van der Waals surface area contributed by atoms with E-state index in [9.17, 15) is 12.8 Å². The Kier molecular flexibility index (Phi) is 4.74. The molecule has 0 aliphatic rings. The SMILES string of the molecule is Cc1cccnc1NS(=O)(=O)CCOc1ccc(F)cc1. The highest BCUT2D eigenvalue weighted by Crippen LogP contribution is 2.13. The van der Waals surface area contributed by atoms with Gasteiger partial charge >= 0.3 is 0 Å². The zero-order chi connectivity index (χ0) is 15.3. The van der Waals surface area contributed by atoms with Crippen LogP contribution in [0.4, 0.5) is 10.2 Å². The molecule has 1 aromatic carbocycles. The summed E-state index contributed by atoms with van der Waals surface area (Å²) in [5.74, 6) is 0.127.